The lowest BCUT2D eigenvalue weighted by Gasteiger charge is -2.07. The SMILES string of the molecule is Cc1ccc(Nc2ccc(C(=O)O)cn2)c(F)c1. The molecule has 0 spiro atoms. The van der Waals surface area contributed by atoms with Crippen molar-refractivity contribution in [2.24, 2.45) is 0 Å². The van der Waals surface area contributed by atoms with Crippen molar-refractivity contribution < 1.29 is 14.3 Å². The molecule has 2 rings (SSSR count). The summed E-state index contributed by atoms with van der Waals surface area (Å²) in [6.45, 7) is 1.80. The second-order valence-corrected chi connectivity index (χ2v) is 3.85. The van der Waals surface area contributed by atoms with Crippen molar-refractivity contribution in [2.75, 3.05) is 5.32 Å². The third-order valence-electron chi connectivity index (χ3n) is 2.40. The molecule has 1 heterocycles. The van der Waals surface area contributed by atoms with Crippen molar-refractivity contribution in [1.82, 2.24) is 4.98 Å². The molecule has 5 heteroatoms. The highest BCUT2D eigenvalue weighted by Crippen LogP contribution is 2.19. The number of hydrogen-bond acceptors (Lipinski definition) is 3. The van der Waals surface area contributed by atoms with E-state index in [9.17, 15) is 9.18 Å². The molecule has 0 saturated heterocycles. The lowest BCUT2D eigenvalue weighted by molar-refractivity contribution is 0.0696. The zero-order valence-electron chi connectivity index (χ0n) is 9.64. The van der Waals surface area contributed by atoms with Gasteiger partial charge in [0.15, 0.2) is 0 Å². The van der Waals surface area contributed by atoms with Crippen LogP contribution >= 0.6 is 0 Å². The van der Waals surface area contributed by atoms with Crippen LogP contribution < -0.4 is 5.32 Å². The molecule has 1 aromatic carbocycles. The van der Waals surface area contributed by atoms with Crippen LogP contribution in [-0.2, 0) is 0 Å². The summed E-state index contributed by atoms with van der Waals surface area (Å²) >= 11 is 0. The first kappa shape index (κ1) is 12.0. The smallest absolute Gasteiger partial charge is 0.337 e. The number of nitrogens with one attached hydrogen (secondary N) is 1. The van der Waals surface area contributed by atoms with Crippen molar-refractivity contribution >= 4 is 17.5 Å². The largest absolute Gasteiger partial charge is 0.478 e. The molecule has 0 saturated carbocycles. The summed E-state index contributed by atoms with van der Waals surface area (Å²) in [5.41, 5.74) is 1.22. The van der Waals surface area contributed by atoms with E-state index in [-0.39, 0.29) is 11.4 Å². The Morgan fingerprint density at radius 2 is 2.11 bits per heavy atom. The van der Waals surface area contributed by atoms with E-state index < -0.39 is 5.97 Å². The van der Waals surface area contributed by atoms with Gasteiger partial charge in [-0.1, -0.05) is 6.07 Å². The summed E-state index contributed by atoms with van der Waals surface area (Å²) in [5, 5.41) is 11.5. The average Bonchev–Trinajstić information content (AvgIpc) is 2.33. The molecule has 2 N–H and O–H groups in total. The number of halogens is 1. The molecule has 0 amide bonds. The van der Waals surface area contributed by atoms with Crippen molar-refractivity contribution in [3.63, 3.8) is 0 Å². The third-order valence-corrected chi connectivity index (χ3v) is 2.40. The number of aryl methyl sites for hydroxylation is 1. The van der Waals surface area contributed by atoms with Crippen LogP contribution in [0.4, 0.5) is 15.9 Å². The van der Waals surface area contributed by atoms with Gasteiger partial charge in [-0.3, -0.25) is 0 Å². The van der Waals surface area contributed by atoms with Gasteiger partial charge in [0.1, 0.15) is 11.6 Å². The highest BCUT2D eigenvalue weighted by Gasteiger charge is 2.05. The fourth-order valence-corrected chi connectivity index (χ4v) is 1.45. The van der Waals surface area contributed by atoms with E-state index in [1.807, 2.05) is 0 Å². The zero-order valence-corrected chi connectivity index (χ0v) is 9.64. The Labute approximate surface area is 103 Å². The van der Waals surface area contributed by atoms with E-state index in [1.54, 1.807) is 19.1 Å². The maximum atomic E-state index is 13.6. The quantitative estimate of drug-likeness (QED) is 0.874. The Balaban J connectivity index is 2.21. The molecule has 0 radical (unpaired) electrons. The number of aromatic carboxylic acids is 1. The molecule has 18 heavy (non-hydrogen) atoms. The number of anilines is 2. The Bertz CT molecular complexity index is 582. The second kappa shape index (κ2) is 4.83. The van der Waals surface area contributed by atoms with Crippen LogP contribution in [-0.4, -0.2) is 16.1 Å². The minimum absolute atomic E-state index is 0.0879. The van der Waals surface area contributed by atoms with Gasteiger partial charge in [0, 0.05) is 6.20 Å². The molecule has 4 nitrogen and oxygen atoms in total. The topological polar surface area (TPSA) is 62.2 Å². The molecule has 0 bridgehead atoms. The number of aromatic nitrogens is 1. The fourth-order valence-electron chi connectivity index (χ4n) is 1.45. The Morgan fingerprint density at radius 1 is 1.33 bits per heavy atom. The molecule has 0 aliphatic rings. The summed E-state index contributed by atoms with van der Waals surface area (Å²) in [7, 11) is 0. The van der Waals surface area contributed by atoms with Gasteiger partial charge >= 0.3 is 5.97 Å². The van der Waals surface area contributed by atoms with Gasteiger partial charge in [0.2, 0.25) is 0 Å². The van der Waals surface area contributed by atoms with Crippen LogP contribution in [0.3, 0.4) is 0 Å². The van der Waals surface area contributed by atoms with Gasteiger partial charge in [-0.25, -0.2) is 14.2 Å². The average molecular weight is 246 g/mol. The van der Waals surface area contributed by atoms with Crippen LogP contribution in [0.15, 0.2) is 36.5 Å². The number of nitrogens with zero attached hydrogens (tertiary/aromatic N) is 1. The van der Waals surface area contributed by atoms with E-state index in [0.29, 0.717) is 11.5 Å². The maximum absolute atomic E-state index is 13.6. The van der Waals surface area contributed by atoms with Gasteiger partial charge in [0.25, 0.3) is 0 Å². The van der Waals surface area contributed by atoms with Crippen molar-refractivity contribution in [3.05, 3.63) is 53.5 Å². The predicted octanol–water partition coefficient (Wildman–Crippen LogP) is 2.97. The number of rotatable bonds is 3. The fraction of sp³-hybridized carbons (Fsp3) is 0.0769. The summed E-state index contributed by atoms with van der Waals surface area (Å²) < 4.78 is 13.6. The van der Waals surface area contributed by atoms with Crippen LogP contribution in [0.5, 0.6) is 0 Å². The monoisotopic (exact) mass is 246 g/mol. The minimum atomic E-state index is -1.05. The van der Waals surface area contributed by atoms with Gasteiger partial charge in [0.05, 0.1) is 11.3 Å². The van der Waals surface area contributed by atoms with E-state index in [2.05, 4.69) is 10.3 Å². The highest BCUT2D eigenvalue weighted by molar-refractivity contribution is 5.87. The lowest BCUT2D eigenvalue weighted by Crippen LogP contribution is -2.00. The van der Waals surface area contributed by atoms with Gasteiger partial charge in [-0.15, -0.1) is 0 Å². The standard InChI is InChI=1S/C13H11FN2O2/c1-8-2-4-11(10(14)6-8)16-12-5-3-9(7-15-12)13(17)18/h2-7H,1H3,(H,15,16)(H,17,18). The number of carboxylic acids is 1. The predicted molar refractivity (Wildman–Crippen MR) is 65.6 cm³/mol. The summed E-state index contributed by atoms with van der Waals surface area (Å²) in [4.78, 5) is 14.5. The number of carboxylic acid groups (broad SMARTS) is 1. The van der Waals surface area contributed by atoms with Crippen LogP contribution in [0, 0.1) is 12.7 Å². The summed E-state index contributed by atoms with van der Waals surface area (Å²) in [5.74, 6) is -1.03. The molecule has 0 unspecified atom stereocenters. The van der Waals surface area contributed by atoms with Crippen molar-refractivity contribution in [2.45, 2.75) is 6.92 Å². The van der Waals surface area contributed by atoms with E-state index in [0.717, 1.165) is 5.56 Å². The van der Waals surface area contributed by atoms with Gasteiger partial charge in [-0.05, 0) is 36.8 Å². The van der Waals surface area contributed by atoms with Crippen LogP contribution in [0.25, 0.3) is 0 Å². The van der Waals surface area contributed by atoms with Crippen LogP contribution in [0.2, 0.25) is 0 Å². The summed E-state index contributed by atoms with van der Waals surface area (Å²) in [6.07, 6.45) is 1.22. The van der Waals surface area contributed by atoms with Crippen LogP contribution in [0.1, 0.15) is 15.9 Å². The van der Waals surface area contributed by atoms with E-state index >= 15 is 0 Å². The first-order valence-corrected chi connectivity index (χ1v) is 5.29. The van der Waals surface area contributed by atoms with Crippen molar-refractivity contribution in [3.8, 4) is 0 Å². The molecule has 92 valence electrons. The summed E-state index contributed by atoms with van der Waals surface area (Å²) in [6, 6.07) is 7.69. The first-order valence-electron chi connectivity index (χ1n) is 5.29. The molecule has 0 aliphatic carbocycles. The van der Waals surface area contributed by atoms with Crippen molar-refractivity contribution in [1.29, 1.82) is 0 Å². The van der Waals surface area contributed by atoms with Gasteiger partial charge < -0.3 is 10.4 Å². The van der Waals surface area contributed by atoms with Gasteiger partial charge in [-0.2, -0.15) is 0 Å². The third kappa shape index (κ3) is 2.63. The minimum Gasteiger partial charge on any atom is -0.478 e. The normalized spacial score (nSPS) is 10.1. The molecule has 0 aliphatic heterocycles. The number of carbonyl (C=O) groups is 1. The number of pyridine rings is 1. The first-order chi connectivity index (χ1) is 8.56. The Morgan fingerprint density at radius 3 is 2.67 bits per heavy atom. The second-order valence-electron chi connectivity index (χ2n) is 3.85. The highest BCUT2D eigenvalue weighted by atomic mass is 19.1. The molecule has 0 fully saturated rings. The number of hydrogen-bond donors (Lipinski definition) is 2. The molecule has 0 atom stereocenters. The van der Waals surface area contributed by atoms with E-state index in [4.69, 9.17) is 5.11 Å². The zero-order chi connectivity index (χ0) is 13.1. The Hall–Kier alpha value is -2.43. The molecular weight excluding hydrogens is 235 g/mol. The molecule has 1 aromatic heterocycles. The van der Waals surface area contributed by atoms with E-state index in [1.165, 1.54) is 24.4 Å². The molecular formula is C13H11FN2O2. The maximum Gasteiger partial charge on any atom is 0.337 e. The lowest BCUT2D eigenvalue weighted by atomic mass is 10.2. The number of benzene rings is 1. The Kier molecular flexibility index (Phi) is 3.23. The molecule has 2 aromatic rings.